The summed E-state index contributed by atoms with van der Waals surface area (Å²) >= 11 is 1.72. The van der Waals surface area contributed by atoms with Gasteiger partial charge in [-0.3, -0.25) is 0 Å². The van der Waals surface area contributed by atoms with Crippen molar-refractivity contribution in [2.75, 3.05) is 18.9 Å². The fraction of sp³-hybridized carbons (Fsp3) is 0.195. The lowest BCUT2D eigenvalue weighted by atomic mass is 10.0. The largest absolute Gasteiger partial charge is 0.385 e. The molecule has 2 aliphatic heterocycles. The zero-order valence-corrected chi connectivity index (χ0v) is 28.6. The Hall–Kier alpha value is -5.12. The van der Waals surface area contributed by atoms with Crippen LogP contribution in [-0.2, 0) is 13.0 Å². The highest BCUT2D eigenvalue weighted by Crippen LogP contribution is 2.43. The van der Waals surface area contributed by atoms with Gasteiger partial charge in [0.1, 0.15) is 10.9 Å². The smallest absolute Gasteiger partial charge is 0.105 e. The van der Waals surface area contributed by atoms with E-state index in [9.17, 15) is 0 Å². The van der Waals surface area contributed by atoms with Gasteiger partial charge in [-0.2, -0.15) is 5.26 Å². The molecule has 0 unspecified atom stereocenters. The quantitative estimate of drug-likeness (QED) is 0.201. The molecule has 47 heavy (non-hydrogen) atoms. The van der Waals surface area contributed by atoms with E-state index in [1.54, 1.807) is 11.8 Å². The standard InChI is InChI=1S/C29H27N3S.C12H16N2/c1-20-9-8-10-23(17-20)18-32-21(2)28(30-22(32)3)29-31(4)27(19-33-29)26-15-13-25(14-16-26)24-11-6-5-7-12-24;1-3-5-11-8-10(9-13)6-7-12(11)14-4-2/h5-17,19,30H,2-3,18H2,1,4H3;6-8,14H,3-5H2,1-2H3/b29-28-;. The van der Waals surface area contributed by atoms with E-state index in [2.05, 4.69) is 146 Å². The summed E-state index contributed by atoms with van der Waals surface area (Å²) in [5.74, 6) is 0.860. The molecule has 2 aliphatic rings. The molecule has 1 saturated heterocycles. The molecule has 1 fully saturated rings. The van der Waals surface area contributed by atoms with Crippen LogP contribution < -0.4 is 10.6 Å². The normalized spacial score (nSPS) is 15.5. The van der Waals surface area contributed by atoms with Crippen molar-refractivity contribution in [2.24, 2.45) is 0 Å². The van der Waals surface area contributed by atoms with E-state index in [4.69, 9.17) is 5.26 Å². The van der Waals surface area contributed by atoms with Gasteiger partial charge in [-0.1, -0.05) is 123 Å². The fourth-order valence-electron chi connectivity index (χ4n) is 5.78. The zero-order chi connectivity index (χ0) is 33.3. The predicted octanol–water partition coefficient (Wildman–Crippen LogP) is 9.84. The van der Waals surface area contributed by atoms with E-state index < -0.39 is 0 Å². The number of rotatable bonds is 8. The molecule has 0 aliphatic carbocycles. The first-order valence-electron chi connectivity index (χ1n) is 16.1. The van der Waals surface area contributed by atoms with Crippen LogP contribution in [0.25, 0.3) is 16.8 Å². The number of hydrogen-bond donors (Lipinski definition) is 2. The fourth-order valence-corrected chi connectivity index (χ4v) is 6.84. The SMILES string of the molecule is C=C1N/C(=C2\SC=C(c3ccc(-c4ccccc4)cc3)N2C)C(=C)N1Cc1cccc(C)c1.CCCc1cc(C#N)ccc1NCC. The Labute approximate surface area is 284 Å². The van der Waals surface area contributed by atoms with Crippen molar-refractivity contribution < 1.29 is 0 Å². The minimum Gasteiger partial charge on any atom is -0.385 e. The lowest BCUT2D eigenvalue weighted by Gasteiger charge is -2.21. The summed E-state index contributed by atoms with van der Waals surface area (Å²) in [5, 5.41) is 18.9. The third kappa shape index (κ3) is 7.82. The molecule has 4 aromatic carbocycles. The topological polar surface area (TPSA) is 54.3 Å². The molecule has 0 spiro atoms. The second-order valence-electron chi connectivity index (χ2n) is 11.7. The molecule has 2 N–H and O–H groups in total. The summed E-state index contributed by atoms with van der Waals surface area (Å²) < 4.78 is 0. The van der Waals surface area contributed by atoms with Crippen molar-refractivity contribution in [3.8, 4) is 17.2 Å². The average molecular weight is 638 g/mol. The number of anilines is 1. The van der Waals surface area contributed by atoms with Crippen molar-refractivity contribution in [3.05, 3.63) is 166 Å². The lowest BCUT2D eigenvalue weighted by Crippen LogP contribution is -2.17. The van der Waals surface area contributed by atoms with Gasteiger partial charge in [0, 0.05) is 31.2 Å². The van der Waals surface area contributed by atoms with Crippen LogP contribution in [0.2, 0.25) is 0 Å². The molecule has 6 rings (SSSR count). The highest BCUT2D eigenvalue weighted by molar-refractivity contribution is 8.06. The van der Waals surface area contributed by atoms with Gasteiger partial charge < -0.3 is 20.4 Å². The second kappa shape index (κ2) is 15.4. The minimum absolute atomic E-state index is 0.745. The van der Waals surface area contributed by atoms with Gasteiger partial charge in [-0.25, -0.2) is 0 Å². The van der Waals surface area contributed by atoms with Crippen LogP contribution >= 0.6 is 11.8 Å². The van der Waals surface area contributed by atoms with Crippen molar-refractivity contribution >= 4 is 23.1 Å². The molecule has 5 nitrogen and oxygen atoms in total. The Morgan fingerprint density at radius 1 is 0.872 bits per heavy atom. The van der Waals surface area contributed by atoms with Crippen LogP contribution in [0, 0.1) is 18.3 Å². The Bertz CT molecular complexity index is 1850. The number of nitrogens with one attached hydrogen (secondary N) is 2. The molecule has 0 saturated carbocycles. The molecule has 2 heterocycles. The Morgan fingerprint density at radius 2 is 1.60 bits per heavy atom. The minimum atomic E-state index is 0.745. The van der Waals surface area contributed by atoms with Gasteiger partial charge in [0.2, 0.25) is 0 Å². The van der Waals surface area contributed by atoms with Crippen LogP contribution in [0.5, 0.6) is 0 Å². The molecule has 0 atom stereocenters. The van der Waals surface area contributed by atoms with Crippen molar-refractivity contribution in [1.82, 2.24) is 15.1 Å². The molecule has 0 amide bonds. The maximum absolute atomic E-state index is 8.78. The third-order valence-electron chi connectivity index (χ3n) is 8.20. The Kier molecular flexibility index (Phi) is 10.9. The summed E-state index contributed by atoms with van der Waals surface area (Å²) in [5.41, 5.74) is 12.4. The molecule has 0 bridgehead atoms. The van der Waals surface area contributed by atoms with Crippen molar-refractivity contribution in [1.29, 1.82) is 5.26 Å². The number of nitrogens with zero attached hydrogens (tertiary/aromatic N) is 3. The van der Waals surface area contributed by atoms with E-state index in [1.165, 1.54) is 39.1 Å². The number of thioether (sulfide) groups is 1. The van der Waals surface area contributed by atoms with E-state index in [0.717, 1.165) is 59.4 Å². The molecule has 6 heteroatoms. The van der Waals surface area contributed by atoms with Crippen LogP contribution in [0.15, 0.2) is 138 Å². The third-order valence-corrected chi connectivity index (χ3v) is 9.25. The summed E-state index contributed by atoms with van der Waals surface area (Å²) in [6.45, 7) is 16.6. The molecule has 238 valence electrons. The van der Waals surface area contributed by atoms with Gasteiger partial charge in [0.05, 0.1) is 28.7 Å². The first kappa shape index (κ1) is 33.2. The van der Waals surface area contributed by atoms with Crippen LogP contribution in [0.1, 0.15) is 48.1 Å². The molecular weight excluding hydrogens is 595 g/mol. The van der Waals surface area contributed by atoms with Crippen LogP contribution in [-0.4, -0.2) is 23.4 Å². The van der Waals surface area contributed by atoms with Gasteiger partial charge in [0.25, 0.3) is 0 Å². The molecular formula is C41H43N5S. The summed E-state index contributed by atoms with van der Waals surface area (Å²) in [6, 6.07) is 35.8. The number of benzene rings is 4. The monoisotopic (exact) mass is 637 g/mol. The second-order valence-corrected chi connectivity index (χ2v) is 12.5. The highest BCUT2D eigenvalue weighted by atomic mass is 32.2. The van der Waals surface area contributed by atoms with E-state index in [1.807, 2.05) is 24.3 Å². The molecule has 0 radical (unpaired) electrons. The van der Waals surface area contributed by atoms with E-state index in [0.29, 0.717) is 0 Å². The Balaban J connectivity index is 0.000000261. The number of nitriles is 1. The molecule has 4 aromatic rings. The maximum atomic E-state index is 8.78. The first-order chi connectivity index (χ1) is 22.8. The van der Waals surface area contributed by atoms with Crippen molar-refractivity contribution in [3.63, 3.8) is 0 Å². The lowest BCUT2D eigenvalue weighted by molar-refractivity contribution is 0.451. The van der Waals surface area contributed by atoms with E-state index in [-0.39, 0.29) is 0 Å². The van der Waals surface area contributed by atoms with Gasteiger partial charge in [-0.15, -0.1) is 0 Å². The maximum Gasteiger partial charge on any atom is 0.105 e. The summed E-state index contributed by atoms with van der Waals surface area (Å²) in [4.78, 5) is 4.39. The number of aryl methyl sites for hydroxylation is 2. The average Bonchev–Trinajstić information content (AvgIpc) is 3.60. The molecule has 0 aromatic heterocycles. The van der Waals surface area contributed by atoms with Gasteiger partial charge in [-0.05, 0) is 66.3 Å². The predicted molar refractivity (Wildman–Crippen MR) is 200 cm³/mol. The van der Waals surface area contributed by atoms with Gasteiger partial charge in [0.15, 0.2) is 0 Å². The van der Waals surface area contributed by atoms with E-state index >= 15 is 0 Å². The van der Waals surface area contributed by atoms with Gasteiger partial charge >= 0.3 is 0 Å². The Morgan fingerprint density at radius 3 is 2.28 bits per heavy atom. The number of hydrogen-bond acceptors (Lipinski definition) is 6. The summed E-state index contributed by atoms with van der Waals surface area (Å²) in [6.07, 6.45) is 2.13. The van der Waals surface area contributed by atoms with Crippen LogP contribution in [0.3, 0.4) is 0 Å². The highest BCUT2D eigenvalue weighted by Gasteiger charge is 2.31. The zero-order valence-electron chi connectivity index (χ0n) is 27.8. The summed E-state index contributed by atoms with van der Waals surface area (Å²) in [7, 11) is 2.11. The van der Waals surface area contributed by atoms with Crippen molar-refractivity contribution in [2.45, 2.75) is 40.2 Å². The first-order valence-corrected chi connectivity index (χ1v) is 17.0. The van der Waals surface area contributed by atoms with Crippen LogP contribution in [0.4, 0.5) is 5.69 Å².